The summed E-state index contributed by atoms with van der Waals surface area (Å²) in [6.45, 7) is 4.41. The average Bonchev–Trinajstić information content (AvgIpc) is 3.39. The lowest BCUT2D eigenvalue weighted by atomic mass is 9.99. The van der Waals surface area contributed by atoms with Gasteiger partial charge in [0.05, 0.1) is 17.4 Å². The van der Waals surface area contributed by atoms with Gasteiger partial charge in [0.15, 0.2) is 5.89 Å². The summed E-state index contributed by atoms with van der Waals surface area (Å²) in [7, 11) is 3.81. The highest BCUT2D eigenvalue weighted by atomic mass is 35.5. The first-order valence-corrected chi connectivity index (χ1v) is 10.8. The predicted octanol–water partition coefficient (Wildman–Crippen LogP) is 4.70. The molecule has 3 heterocycles. The Labute approximate surface area is 187 Å². The van der Waals surface area contributed by atoms with Gasteiger partial charge in [-0.2, -0.15) is 0 Å². The van der Waals surface area contributed by atoms with Crippen LogP contribution in [0.25, 0.3) is 11.1 Å². The largest absolute Gasteiger partial charge is 0.435 e. The Hall–Kier alpha value is -2.93. The molecule has 1 aliphatic rings. The van der Waals surface area contributed by atoms with Gasteiger partial charge in [-0.15, -0.1) is 0 Å². The molecule has 0 N–H and O–H groups in total. The van der Waals surface area contributed by atoms with Crippen LogP contribution in [-0.2, 0) is 6.42 Å². The zero-order valence-electron chi connectivity index (χ0n) is 18.2. The molecule has 0 aliphatic carbocycles. The molecule has 2 aromatic heterocycles. The molecule has 3 aromatic rings. The second-order valence-electron chi connectivity index (χ2n) is 7.91. The maximum absolute atomic E-state index is 13.4. The van der Waals surface area contributed by atoms with Crippen LogP contribution in [0.1, 0.15) is 53.6 Å². The SMILES string of the molecule is CCc1nc(C)c(C(=O)N2CCC[C@H]2c2nc(N(C)C)ncc2-c2cccc(Cl)c2)o1. The van der Waals surface area contributed by atoms with Crippen LogP contribution in [0, 0.1) is 6.92 Å². The topological polar surface area (TPSA) is 75.4 Å². The van der Waals surface area contributed by atoms with Gasteiger partial charge in [-0.05, 0) is 37.5 Å². The van der Waals surface area contributed by atoms with E-state index in [0.717, 1.165) is 29.7 Å². The maximum Gasteiger partial charge on any atom is 0.292 e. The van der Waals surface area contributed by atoms with Crippen molar-refractivity contribution in [2.24, 2.45) is 0 Å². The Morgan fingerprint density at radius 2 is 2.13 bits per heavy atom. The summed E-state index contributed by atoms with van der Waals surface area (Å²) in [5, 5.41) is 0.642. The van der Waals surface area contributed by atoms with Gasteiger partial charge in [0, 0.05) is 43.8 Å². The number of aromatic nitrogens is 3. The highest BCUT2D eigenvalue weighted by Gasteiger charge is 2.36. The summed E-state index contributed by atoms with van der Waals surface area (Å²) in [6, 6.07) is 7.44. The maximum atomic E-state index is 13.4. The van der Waals surface area contributed by atoms with Gasteiger partial charge in [0.25, 0.3) is 5.91 Å². The van der Waals surface area contributed by atoms with E-state index in [1.165, 1.54) is 0 Å². The molecule has 0 unspecified atom stereocenters. The first kappa shape index (κ1) is 21.3. The fourth-order valence-corrected chi connectivity index (χ4v) is 4.15. The van der Waals surface area contributed by atoms with Crippen LogP contribution in [0.15, 0.2) is 34.9 Å². The van der Waals surface area contributed by atoms with Gasteiger partial charge in [-0.25, -0.2) is 15.0 Å². The highest BCUT2D eigenvalue weighted by Crippen LogP contribution is 2.38. The van der Waals surface area contributed by atoms with Crippen molar-refractivity contribution >= 4 is 23.5 Å². The number of halogens is 1. The number of rotatable bonds is 5. The number of anilines is 1. The van der Waals surface area contributed by atoms with Crippen molar-refractivity contribution in [3.63, 3.8) is 0 Å². The summed E-state index contributed by atoms with van der Waals surface area (Å²) >= 11 is 6.25. The van der Waals surface area contributed by atoms with Gasteiger partial charge < -0.3 is 14.2 Å². The molecule has 1 aliphatic heterocycles. The number of amides is 1. The number of nitrogens with zero attached hydrogens (tertiary/aromatic N) is 5. The second-order valence-corrected chi connectivity index (χ2v) is 8.34. The molecule has 1 aromatic carbocycles. The Morgan fingerprint density at radius 3 is 2.81 bits per heavy atom. The predicted molar refractivity (Wildman–Crippen MR) is 120 cm³/mol. The van der Waals surface area contributed by atoms with Gasteiger partial charge >= 0.3 is 0 Å². The molecule has 0 saturated carbocycles. The van der Waals surface area contributed by atoms with Crippen LogP contribution >= 0.6 is 11.6 Å². The third-order valence-corrected chi connectivity index (χ3v) is 5.74. The molecule has 162 valence electrons. The lowest BCUT2D eigenvalue weighted by Crippen LogP contribution is -2.32. The number of likely N-dealkylation sites (tertiary alicyclic amines) is 1. The fourth-order valence-electron chi connectivity index (χ4n) is 3.96. The minimum atomic E-state index is -0.183. The van der Waals surface area contributed by atoms with Crippen molar-refractivity contribution in [3.05, 3.63) is 58.5 Å². The first-order valence-electron chi connectivity index (χ1n) is 10.5. The highest BCUT2D eigenvalue weighted by molar-refractivity contribution is 6.30. The average molecular weight is 440 g/mol. The third-order valence-electron chi connectivity index (χ3n) is 5.51. The van der Waals surface area contributed by atoms with Gasteiger partial charge in [0.1, 0.15) is 0 Å². The number of oxazole rings is 1. The Bertz CT molecular complexity index is 1110. The van der Waals surface area contributed by atoms with Crippen molar-refractivity contribution in [1.82, 2.24) is 19.9 Å². The molecule has 31 heavy (non-hydrogen) atoms. The van der Waals surface area contributed by atoms with Crippen molar-refractivity contribution in [2.75, 3.05) is 25.5 Å². The lowest BCUT2D eigenvalue weighted by molar-refractivity contribution is 0.0698. The smallest absolute Gasteiger partial charge is 0.292 e. The van der Waals surface area contributed by atoms with Crippen LogP contribution < -0.4 is 4.90 Å². The summed E-state index contributed by atoms with van der Waals surface area (Å²) in [5.74, 6) is 1.35. The minimum Gasteiger partial charge on any atom is -0.435 e. The zero-order valence-corrected chi connectivity index (χ0v) is 19.0. The van der Waals surface area contributed by atoms with E-state index in [1.807, 2.05) is 68.2 Å². The quantitative estimate of drug-likeness (QED) is 0.573. The van der Waals surface area contributed by atoms with Crippen LogP contribution in [0.2, 0.25) is 5.02 Å². The number of carbonyl (C=O) groups excluding carboxylic acids is 1. The number of hydrogen-bond acceptors (Lipinski definition) is 6. The van der Waals surface area contributed by atoms with Crippen molar-refractivity contribution in [2.45, 2.75) is 39.2 Å². The molecular formula is C23H26ClN5O2. The normalized spacial score (nSPS) is 16.0. The molecular weight excluding hydrogens is 414 g/mol. The van der Waals surface area contributed by atoms with Crippen molar-refractivity contribution < 1.29 is 9.21 Å². The third kappa shape index (κ3) is 4.14. The van der Waals surface area contributed by atoms with Crippen LogP contribution in [0.3, 0.4) is 0 Å². The van der Waals surface area contributed by atoms with E-state index in [4.69, 9.17) is 21.0 Å². The van der Waals surface area contributed by atoms with E-state index in [9.17, 15) is 4.79 Å². The van der Waals surface area contributed by atoms with Crippen LogP contribution in [0.4, 0.5) is 5.95 Å². The number of benzene rings is 1. The van der Waals surface area contributed by atoms with E-state index >= 15 is 0 Å². The van der Waals surface area contributed by atoms with E-state index in [1.54, 1.807) is 0 Å². The van der Waals surface area contributed by atoms with Crippen molar-refractivity contribution in [3.8, 4) is 11.1 Å². The first-order chi connectivity index (χ1) is 14.9. The van der Waals surface area contributed by atoms with E-state index in [0.29, 0.717) is 41.3 Å². The number of carbonyl (C=O) groups is 1. The lowest BCUT2D eigenvalue weighted by Gasteiger charge is -2.26. The summed E-state index contributed by atoms with van der Waals surface area (Å²) in [4.78, 5) is 30.9. The van der Waals surface area contributed by atoms with Crippen molar-refractivity contribution in [1.29, 1.82) is 0 Å². The van der Waals surface area contributed by atoms with Gasteiger partial charge in [-0.3, -0.25) is 4.79 Å². The van der Waals surface area contributed by atoms with E-state index < -0.39 is 0 Å². The summed E-state index contributed by atoms with van der Waals surface area (Å²) < 4.78 is 5.75. The Kier molecular flexibility index (Phi) is 5.96. The fraction of sp³-hybridized carbons (Fsp3) is 0.391. The number of aryl methyl sites for hydroxylation is 2. The Morgan fingerprint density at radius 1 is 1.32 bits per heavy atom. The van der Waals surface area contributed by atoms with E-state index in [-0.39, 0.29) is 11.9 Å². The molecule has 0 radical (unpaired) electrons. The van der Waals surface area contributed by atoms with Crippen LogP contribution in [0.5, 0.6) is 0 Å². The molecule has 1 fully saturated rings. The van der Waals surface area contributed by atoms with Gasteiger partial charge in [-0.1, -0.05) is 30.7 Å². The molecule has 1 amide bonds. The summed E-state index contributed by atoms with van der Waals surface area (Å²) in [5.41, 5.74) is 3.25. The summed E-state index contributed by atoms with van der Waals surface area (Å²) in [6.07, 6.45) is 4.17. The molecule has 4 rings (SSSR count). The molecule has 1 atom stereocenters. The monoisotopic (exact) mass is 439 g/mol. The molecule has 0 spiro atoms. The standard InChI is InChI=1S/C23H26ClN5O2/c1-5-19-26-14(2)21(31-19)22(30)29-11-7-10-18(29)20-17(13-25-23(27-20)28(3)4)15-8-6-9-16(24)12-15/h6,8-9,12-13,18H,5,7,10-11H2,1-4H3/t18-/m0/s1. The number of hydrogen-bond donors (Lipinski definition) is 0. The Balaban J connectivity index is 1.78. The minimum absolute atomic E-state index is 0.144. The molecule has 8 heteroatoms. The van der Waals surface area contributed by atoms with Crippen LogP contribution in [-0.4, -0.2) is 46.4 Å². The second kappa shape index (κ2) is 8.67. The van der Waals surface area contributed by atoms with Gasteiger partial charge in [0.2, 0.25) is 11.7 Å². The molecule has 7 nitrogen and oxygen atoms in total. The molecule has 0 bridgehead atoms. The zero-order chi connectivity index (χ0) is 22.1. The molecule has 1 saturated heterocycles. The van der Waals surface area contributed by atoms with E-state index in [2.05, 4.69) is 9.97 Å².